The van der Waals surface area contributed by atoms with Crippen LogP contribution in [0.4, 0.5) is 8.78 Å². The van der Waals surface area contributed by atoms with Crippen molar-refractivity contribution in [3.05, 3.63) is 139 Å². The number of hydrogen-bond donors (Lipinski definition) is 2. The Morgan fingerprint density at radius 2 is 0.931 bits per heavy atom. The standard InChI is InChI=1S/2C23H29FO2S.2O2/c2*1-4-6-13-23(5-2)15-27-20-12-11-18(26-3)14-19(20)21(22(23)25)16-7-9-17(24)10-8-16;2*1-2/h2*7-12,14,21-22,25H,4-6,13,15H2,1-3H3;;/t21-,22?,23+;21-,22?,23-;;/m01../s1. The van der Waals surface area contributed by atoms with Gasteiger partial charge in [-0.2, -0.15) is 0 Å². The van der Waals surface area contributed by atoms with Gasteiger partial charge in [-0.25, -0.2) is 8.78 Å². The Morgan fingerprint density at radius 1 is 0.586 bits per heavy atom. The molecule has 2 aliphatic rings. The molecule has 0 fully saturated rings. The molecule has 0 bridgehead atoms. The fraction of sp³-hybridized carbons (Fsp3) is 0.478. The lowest BCUT2D eigenvalue weighted by Crippen LogP contribution is -2.40. The second kappa shape index (κ2) is 23.7. The van der Waals surface area contributed by atoms with E-state index in [9.17, 15) is 19.0 Å². The van der Waals surface area contributed by atoms with Crippen molar-refractivity contribution in [3.8, 4) is 11.5 Å². The summed E-state index contributed by atoms with van der Waals surface area (Å²) in [6, 6.07) is 25.4. The maximum absolute atomic E-state index is 13.5. The number of aliphatic hydroxyl groups excluding tert-OH is 2. The molecule has 2 unspecified atom stereocenters. The van der Waals surface area contributed by atoms with Crippen molar-refractivity contribution < 1.29 is 28.5 Å². The highest BCUT2D eigenvalue weighted by Crippen LogP contribution is 2.53. The van der Waals surface area contributed by atoms with Crippen LogP contribution in [0.3, 0.4) is 0 Å². The van der Waals surface area contributed by atoms with Crippen LogP contribution in [-0.4, -0.2) is 48.1 Å². The lowest BCUT2D eigenvalue weighted by atomic mass is 9.69. The quantitative estimate of drug-likeness (QED) is 0.142. The molecule has 6 rings (SSSR count). The zero-order valence-electron chi connectivity index (χ0n) is 34.4. The van der Waals surface area contributed by atoms with E-state index in [1.54, 1.807) is 14.2 Å². The summed E-state index contributed by atoms with van der Waals surface area (Å²) >= 11 is 3.65. The van der Waals surface area contributed by atoms with Gasteiger partial charge in [-0.3, -0.25) is 0 Å². The first-order chi connectivity index (χ1) is 28.1. The van der Waals surface area contributed by atoms with E-state index in [0.29, 0.717) is 0 Å². The molecule has 0 saturated heterocycles. The number of halogens is 2. The summed E-state index contributed by atoms with van der Waals surface area (Å²) in [5.74, 6) is 2.45. The van der Waals surface area contributed by atoms with Gasteiger partial charge in [0, 0.05) is 63.8 Å². The number of rotatable bonds is 12. The van der Waals surface area contributed by atoms with Gasteiger partial charge in [0.1, 0.15) is 23.1 Å². The second-order valence-corrected chi connectivity index (χ2v) is 17.0. The Balaban J connectivity index is 0.000000286. The molecule has 0 amide bonds. The minimum Gasteiger partial charge on any atom is -0.497 e. The predicted octanol–water partition coefficient (Wildman–Crippen LogP) is 12.2. The van der Waals surface area contributed by atoms with E-state index >= 15 is 0 Å². The van der Waals surface area contributed by atoms with Gasteiger partial charge < -0.3 is 19.7 Å². The fourth-order valence-corrected chi connectivity index (χ4v) is 11.2. The molecule has 6 atom stereocenters. The van der Waals surface area contributed by atoms with Gasteiger partial charge in [-0.15, -0.1) is 23.5 Å². The molecule has 2 N–H and O–H groups in total. The molecule has 316 valence electrons. The van der Waals surface area contributed by atoms with Crippen LogP contribution in [0.15, 0.2) is 94.7 Å². The lowest BCUT2D eigenvalue weighted by molar-refractivity contribution is 0.0181. The Bertz CT molecular complexity index is 1700. The average Bonchev–Trinajstić information content (AvgIpc) is 3.47. The van der Waals surface area contributed by atoms with E-state index in [2.05, 4.69) is 39.8 Å². The molecule has 2 heterocycles. The number of unbranched alkanes of at least 4 members (excludes halogenated alkanes) is 2. The zero-order chi connectivity index (χ0) is 42.9. The molecule has 4 aromatic rings. The molecular formula is C46H58F2O8S2. The monoisotopic (exact) mass is 840 g/mol. The molecule has 0 radical (unpaired) electrons. The van der Waals surface area contributed by atoms with E-state index < -0.39 is 12.2 Å². The van der Waals surface area contributed by atoms with Crippen molar-refractivity contribution in [1.82, 2.24) is 0 Å². The fourth-order valence-electron chi connectivity index (χ4n) is 8.25. The minimum absolute atomic E-state index is 0.161. The Hall–Kier alpha value is -3.84. The summed E-state index contributed by atoms with van der Waals surface area (Å²) in [5, 5.41) is 23.3. The van der Waals surface area contributed by atoms with Gasteiger partial charge in [0.05, 0.1) is 26.4 Å². The van der Waals surface area contributed by atoms with Crippen LogP contribution in [0.25, 0.3) is 0 Å². The van der Waals surface area contributed by atoms with Crippen LogP contribution in [0.1, 0.15) is 113 Å². The van der Waals surface area contributed by atoms with Crippen LogP contribution in [-0.2, 0) is 0 Å². The van der Waals surface area contributed by atoms with Gasteiger partial charge in [-0.05, 0) is 109 Å². The number of aliphatic hydroxyl groups is 2. The van der Waals surface area contributed by atoms with Gasteiger partial charge in [0.2, 0.25) is 0 Å². The van der Waals surface area contributed by atoms with E-state index in [1.165, 1.54) is 34.1 Å². The highest BCUT2D eigenvalue weighted by atomic mass is 32.2. The Morgan fingerprint density at radius 3 is 1.22 bits per heavy atom. The van der Waals surface area contributed by atoms with Crippen molar-refractivity contribution in [1.29, 1.82) is 0 Å². The molecular weight excluding hydrogens is 783 g/mol. The number of methoxy groups -OCH3 is 2. The van der Waals surface area contributed by atoms with Crippen LogP contribution in [0.2, 0.25) is 0 Å². The maximum Gasteiger partial charge on any atom is 0.123 e. The highest BCUT2D eigenvalue weighted by molar-refractivity contribution is 7.99. The lowest BCUT2D eigenvalue weighted by Gasteiger charge is -2.39. The molecule has 12 heteroatoms. The predicted molar refractivity (Wildman–Crippen MR) is 234 cm³/mol. The topological polar surface area (TPSA) is 127 Å². The van der Waals surface area contributed by atoms with Crippen molar-refractivity contribution in [2.45, 2.75) is 113 Å². The molecule has 0 aliphatic carbocycles. The van der Waals surface area contributed by atoms with Gasteiger partial charge in [0.15, 0.2) is 0 Å². The van der Waals surface area contributed by atoms with Gasteiger partial charge >= 0.3 is 0 Å². The SMILES string of the molecule is CCCC[C@]1(CC)CSc2ccc(OC)cc2[C@@H](c2ccc(F)cc2)C1O.CCCC[C@]1(CC)CSc2ccc(OC)cc2[C@H](c2ccc(F)cc2)C1O.O=O.O=O. The van der Waals surface area contributed by atoms with E-state index in [0.717, 1.165) is 96.6 Å². The zero-order valence-corrected chi connectivity index (χ0v) is 36.0. The van der Waals surface area contributed by atoms with Crippen LogP contribution >= 0.6 is 23.5 Å². The number of fused-ring (bicyclic) bond motifs is 2. The third kappa shape index (κ3) is 11.2. The molecule has 0 spiro atoms. The normalized spacial score (nSPS) is 23.3. The molecule has 8 nitrogen and oxygen atoms in total. The maximum atomic E-state index is 13.5. The highest BCUT2D eigenvalue weighted by Gasteiger charge is 2.46. The van der Waals surface area contributed by atoms with Crippen molar-refractivity contribution in [3.63, 3.8) is 0 Å². The summed E-state index contributed by atoms with van der Waals surface area (Å²) in [6.45, 7) is 8.74. The molecule has 4 aromatic carbocycles. The van der Waals surface area contributed by atoms with E-state index in [1.807, 2.05) is 72.1 Å². The number of benzene rings is 4. The van der Waals surface area contributed by atoms with Crippen molar-refractivity contribution in [2.75, 3.05) is 25.7 Å². The summed E-state index contributed by atoms with van der Waals surface area (Å²) in [6.07, 6.45) is 7.20. The van der Waals surface area contributed by atoms with Crippen LogP contribution in [0, 0.1) is 42.3 Å². The minimum atomic E-state index is -0.527. The summed E-state index contributed by atoms with van der Waals surface area (Å²) < 4.78 is 38.0. The third-order valence-electron chi connectivity index (χ3n) is 11.9. The largest absolute Gasteiger partial charge is 0.497 e. The average molecular weight is 841 g/mol. The smallest absolute Gasteiger partial charge is 0.123 e. The summed E-state index contributed by atoms with van der Waals surface area (Å²) in [7, 11) is 3.32. The molecule has 0 aromatic heterocycles. The first-order valence-corrected chi connectivity index (χ1v) is 21.9. The first-order valence-electron chi connectivity index (χ1n) is 19.9. The van der Waals surface area contributed by atoms with E-state index in [4.69, 9.17) is 29.3 Å². The number of thioether (sulfide) groups is 2. The van der Waals surface area contributed by atoms with Gasteiger partial charge in [0.25, 0.3) is 0 Å². The van der Waals surface area contributed by atoms with Crippen molar-refractivity contribution in [2.24, 2.45) is 10.8 Å². The van der Waals surface area contributed by atoms with Crippen molar-refractivity contribution >= 4 is 23.5 Å². The van der Waals surface area contributed by atoms with E-state index in [-0.39, 0.29) is 34.3 Å². The summed E-state index contributed by atoms with van der Waals surface area (Å²) in [5.41, 5.74) is 3.74. The first kappa shape index (κ1) is 48.5. The number of hydrogen-bond acceptors (Lipinski definition) is 10. The Labute approximate surface area is 350 Å². The molecule has 2 aliphatic heterocycles. The number of ether oxygens (including phenoxy) is 2. The summed E-state index contributed by atoms with van der Waals surface area (Å²) in [4.78, 5) is 30.4. The van der Waals surface area contributed by atoms with Crippen LogP contribution in [0.5, 0.6) is 11.5 Å². The van der Waals surface area contributed by atoms with Crippen LogP contribution < -0.4 is 9.47 Å². The Kier molecular flexibility index (Phi) is 19.8. The second-order valence-electron chi connectivity index (χ2n) is 15.0. The van der Waals surface area contributed by atoms with Gasteiger partial charge in [-0.1, -0.05) is 77.6 Å². The molecule has 58 heavy (non-hydrogen) atoms. The molecule has 0 saturated carbocycles. The third-order valence-corrected chi connectivity index (χ3v) is 14.7.